The Morgan fingerprint density at radius 3 is 1.79 bits per heavy atom. The highest BCUT2D eigenvalue weighted by atomic mass is 31.2. The Balaban J connectivity index is 1.76. The number of aliphatic imine (C=N–C) groups is 1. The summed E-state index contributed by atoms with van der Waals surface area (Å²) >= 11 is 0. The fourth-order valence-corrected chi connectivity index (χ4v) is 3.26. The molecule has 0 fully saturated rings. The quantitative estimate of drug-likeness (QED) is 0.216. The molecule has 8 heteroatoms. The number of anilines is 2. The predicted molar refractivity (Wildman–Crippen MR) is 116 cm³/mol. The highest BCUT2D eigenvalue weighted by Gasteiger charge is 2.20. The smallest absolute Gasteiger partial charge is 0.409 e. The molecule has 0 bridgehead atoms. The molecule has 3 rings (SSSR count). The molecule has 1 amide bonds. The van der Waals surface area contributed by atoms with Crippen molar-refractivity contribution >= 4 is 38.3 Å². The largest absolute Gasteiger partial charge is 0.530 e. The van der Waals surface area contributed by atoms with E-state index in [1.165, 1.54) is 0 Å². The van der Waals surface area contributed by atoms with Gasteiger partial charge in [0.25, 0.3) is 0 Å². The number of benzene rings is 3. The average Bonchev–Trinajstić information content (AvgIpc) is 2.73. The van der Waals surface area contributed by atoms with E-state index in [-0.39, 0.29) is 0 Å². The zero-order valence-corrected chi connectivity index (χ0v) is 16.6. The van der Waals surface area contributed by atoms with Crippen LogP contribution in [0.3, 0.4) is 0 Å². The first-order valence-electron chi connectivity index (χ1n) is 8.75. The van der Waals surface area contributed by atoms with Gasteiger partial charge in [-0.25, -0.2) is 0 Å². The number of nitrogens with two attached hydrogens (primary N) is 1. The Labute approximate surface area is 170 Å². The normalized spacial score (nSPS) is 11.6. The van der Waals surface area contributed by atoms with E-state index in [1.54, 1.807) is 66.9 Å². The Morgan fingerprint density at radius 2 is 1.31 bits per heavy atom. The van der Waals surface area contributed by atoms with Crippen LogP contribution in [-0.4, -0.2) is 12.6 Å². The van der Waals surface area contributed by atoms with Crippen molar-refractivity contribution < 1.29 is 18.4 Å². The number of carbonyl (C=O) groups is 1. The number of rotatable bonds is 9. The third-order valence-electron chi connectivity index (χ3n) is 3.61. The molecule has 0 aromatic heterocycles. The molecule has 148 valence electrons. The van der Waals surface area contributed by atoms with Crippen LogP contribution in [-0.2, 0) is 4.79 Å². The minimum Gasteiger partial charge on any atom is -0.409 e. The van der Waals surface area contributed by atoms with Gasteiger partial charge in [0.05, 0.1) is 5.69 Å². The van der Waals surface area contributed by atoms with Crippen molar-refractivity contribution in [2.75, 3.05) is 11.1 Å². The lowest BCUT2D eigenvalue weighted by atomic mass is 10.3. The van der Waals surface area contributed by atoms with E-state index in [0.717, 1.165) is 5.69 Å². The zero-order valence-electron chi connectivity index (χ0n) is 15.7. The van der Waals surface area contributed by atoms with Crippen LogP contribution < -0.4 is 24.6 Å². The van der Waals surface area contributed by atoms with E-state index in [9.17, 15) is 4.79 Å². The molecule has 0 saturated heterocycles. The van der Waals surface area contributed by atoms with Gasteiger partial charge in [-0.05, 0) is 79.7 Å². The van der Waals surface area contributed by atoms with Crippen LogP contribution in [0, 0.1) is 0 Å². The van der Waals surface area contributed by atoms with Gasteiger partial charge in [-0.1, -0.05) is 0 Å². The molecule has 0 spiro atoms. The molecular weight excluding hydrogens is 389 g/mol. The Bertz CT molecular complexity index is 945. The highest BCUT2D eigenvalue weighted by Crippen LogP contribution is 2.42. The van der Waals surface area contributed by atoms with Gasteiger partial charge in [0, 0.05) is 17.6 Å². The predicted octanol–water partition coefficient (Wildman–Crippen LogP) is 5.32. The molecule has 0 aliphatic rings. The second kappa shape index (κ2) is 10.1. The van der Waals surface area contributed by atoms with Gasteiger partial charge >= 0.3 is 8.60 Å². The number of nitrogens with one attached hydrogen (secondary N) is 1. The van der Waals surface area contributed by atoms with Crippen molar-refractivity contribution in [3.63, 3.8) is 0 Å². The number of nitrogen functional groups attached to an aromatic ring is 1. The summed E-state index contributed by atoms with van der Waals surface area (Å²) < 4.78 is 17.7. The van der Waals surface area contributed by atoms with Crippen molar-refractivity contribution in [3.05, 3.63) is 72.8 Å². The maximum atomic E-state index is 10.5. The first-order chi connectivity index (χ1) is 14.2. The monoisotopic (exact) mass is 409 g/mol. The molecule has 0 heterocycles. The topological polar surface area (TPSA) is 95.2 Å². The standard InChI is InChI=1S/C21H20N3O4P/c1-2-23-17-5-11-20(12-6-17)27-29(26-19-9-3-16(22)4-10-19)28-21-13-7-18(8-14-21)24-15-25/h2-15H,22H2,1H3,(H,24,25)/b23-2+. The summed E-state index contributed by atoms with van der Waals surface area (Å²) in [5.41, 5.74) is 7.84. The van der Waals surface area contributed by atoms with E-state index >= 15 is 0 Å². The summed E-state index contributed by atoms with van der Waals surface area (Å²) in [5, 5.41) is 2.57. The van der Waals surface area contributed by atoms with Gasteiger partial charge in [0.1, 0.15) is 17.2 Å². The molecular formula is C21H20N3O4P. The molecule has 29 heavy (non-hydrogen) atoms. The molecule has 3 aromatic rings. The minimum absolute atomic E-state index is 0.537. The number of carbonyl (C=O) groups excluding carboxylic acids is 1. The van der Waals surface area contributed by atoms with Crippen molar-refractivity contribution in [2.24, 2.45) is 4.99 Å². The summed E-state index contributed by atoms with van der Waals surface area (Å²) in [5.74, 6) is 1.69. The van der Waals surface area contributed by atoms with Crippen LogP contribution in [0.15, 0.2) is 77.8 Å². The van der Waals surface area contributed by atoms with Crippen LogP contribution in [0.2, 0.25) is 0 Å². The highest BCUT2D eigenvalue weighted by molar-refractivity contribution is 7.43. The second-order valence-corrected chi connectivity index (χ2v) is 6.73. The third-order valence-corrected chi connectivity index (χ3v) is 4.69. The summed E-state index contributed by atoms with van der Waals surface area (Å²) in [6.45, 7) is 1.86. The van der Waals surface area contributed by atoms with E-state index in [1.807, 2.05) is 19.1 Å². The molecule has 0 aliphatic heterocycles. The fraction of sp³-hybridized carbons (Fsp3) is 0.0476. The lowest BCUT2D eigenvalue weighted by Crippen LogP contribution is -2.02. The van der Waals surface area contributed by atoms with Gasteiger partial charge in [0.2, 0.25) is 6.41 Å². The lowest BCUT2D eigenvalue weighted by Gasteiger charge is -2.18. The van der Waals surface area contributed by atoms with Crippen LogP contribution in [0.4, 0.5) is 17.1 Å². The first kappa shape index (κ1) is 20.2. The second-order valence-electron chi connectivity index (χ2n) is 5.73. The number of nitrogens with zero attached hydrogens (tertiary/aromatic N) is 1. The molecule has 7 nitrogen and oxygen atoms in total. The van der Waals surface area contributed by atoms with E-state index in [4.69, 9.17) is 19.3 Å². The Morgan fingerprint density at radius 1 is 0.828 bits per heavy atom. The van der Waals surface area contributed by atoms with E-state index < -0.39 is 8.60 Å². The zero-order chi connectivity index (χ0) is 20.5. The summed E-state index contributed by atoms with van der Waals surface area (Å²) in [7, 11) is -1.80. The maximum Gasteiger partial charge on any atom is 0.530 e. The van der Waals surface area contributed by atoms with Gasteiger partial charge < -0.3 is 24.6 Å². The van der Waals surface area contributed by atoms with E-state index in [2.05, 4.69) is 10.3 Å². The maximum absolute atomic E-state index is 10.5. The van der Waals surface area contributed by atoms with Gasteiger partial charge in [-0.2, -0.15) is 0 Å². The number of hydrogen-bond donors (Lipinski definition) is 2. The van der Waals surface area contributed by atoms with Crippen molar-refractivity contribution in [3.8, 4) is 17.2 Å². The Hall–Kier alpha value is -3.57. The van der Waals surface area contributed by atoms with Gasteiger partial charge in [0.15, 0.2) is 0 Å². The molecule has 0 saturated carbocycles. The number of hydrogen-bond acceptors (Lipinski definition) is 6. The summed E-state index contributed by atoms with van der Waals surface area (Å²) in [6, 6.07) is 21.1. The van der Waals surface area contributed by atoms with Crippen LogP contribution in [0.5, 0.6) is 17.2 Å². The first-order valence-corrected chi connectivity index (χ1v) is 9.84. The number of amides is 1. The average molecular weight is 409 g/mol. The summed E-state index contributed by atoms with van der Waals surface area (Å²) in [6.07, 6.45) is 2.33. The van der Waals surface area contributed by atoms with Crippen molar-refractivity contribution in [1.29, 1.82) is 0 Å². The van der Waals surface area contributed by atoms with Crippen LogP contribution >= 0.6 is 8.60 Å². The lowest BCUT2D eigenvalue weighted by molar-refractivity contribution is -0.105. The SMILES string of the molecule is C/C=N/c1ccc(OP(Oc2ccc(N)cc2)Oc2ccc(NC=O)cc2)cc1. The van der Waals surface area contributed by atoms with Crippen LogP contribution in [0.1, 0.15) is 6.92 Å². The van der Waals surface area contributed by atoms with Gasteiger partial charge in [-0.15, -0.1) is 0 Å². The molecule has 3 N–H and O–H groups in total. The van der Waals surface area contributed by atoms with Crippen molar-refractivity contribution in [1.82, 2.24) is 0 Å². The molecule has 1 atom stereocenters. The molecule has 3 aromatic carbocycles. The molecule has 0 aliphatic carbocycles. The summed E-state index contributed by atoms with van der Waals surface area (Å²) in [4.78, 5) is 14.7. The van der Waals surface area contributed by atoms with Gasteiger partial charge in [-0.3, -0.25) is 9.79 Å². The fourth-order valence-electron chi connectivity index (χ4n) is 2.26. The third kappa shape index (κ3) is 6.23. The van der Waals surface area contributed by atoms with Crippen molar-refractivity contribution in [2.45, 2.75) is 6.92 Å². The van der Waals surface area contributed by atoms with E-state index in [0.29, 0.717) is 35.0 Å². The minimum atomic E-state index is -1.80. The molecule has 0 radical (unpaired) electrons. The van der Waals surface area contributed by atoms with Crippen LogP contribution in [0.25, 0.3) is 0 Å². The molecule has 1 unspecified atom stereocenters. The Kier molecular flexibility index (Phi) is 7.03.